The van der Waals surface area contributed by atoms with Gasteiger partial charge >= 0.3 is 0 Å². The number of thiophene rings is 1. The second-order valence-electron chi connectivity index (χ2n) is 14.9. The van der Waals surface area contributed by atoms with Crippen LogP contribution in [0.3, 0.4) is 0 Å². The Hall–Kier alpha value is -7.26. The summed E-state index contributed by atoms with van der Waals surface area (Å²) < 4.78 is 2.58. The van der Waals surface area contributed by atoms with Crippen molar-refractivity contribution >= 4 is 70.1 Å². The Kier molecular flexibility index (Phi) is 8.42. The van der Waals surface area contributed by atoms with Crippen LogP contribution in [-0.2, 0) is 0 Å². The van der Waals surface area contributed by atoms with Gasteiger partial charge in [-0.15, -0.1) is 11.3 Å². The van der Waals surface area contributed by atoms with Crippen LogP contribution in [0.15, 0.2) is 224 Å². The van der Waals surface area contributed by atoms with Crippen molar-refractivity contribution < 1.29 is 0 Å². The molecular weight excluding hydrogens is 719 g/mol. The van der Waals surface area contributed by atoms with Gasteiger partial charge in [0.05, 0.1) is 5.69 Å². The van der Waals surface area contributed by atoms with Crippen LogP contribution in [0.1, 0.15) is 0 Å². The lowest BCUT2D eigenvalue weighted by Gasteiger charge is -2.27. The van der Waals surface area contributed by atoms with Crippen molar-refractivity contribution in [3.63, 3.8) is 0 Å². The average molecular weight is 756 g/mol. The lowest BCUT2D eigenvalue weighted by atomic mass is 9.91. The highest BCUT2D eigenvalue weighted by atomic mass is 32.1. The van der Waals surface area contributed by atoms with Crippen molar-refractivity contribution in [1.82, 2.24) is 0 Å². The normalized spacial score (nSPS) is 11.4. The molecule has 0 aliphatic rings. The van der Waals surface area contributed by atoms with E-state index in [1.54, 1.807) is 0 Å². The fourth-order valence-corrected chi connectivity index (χ4v) is 9.77. The molecule has 0 bridgehead atoms. The standard InChI is InChI=1S/C56H37NS/c1-3-12-38(13-4-1)44-26-24-40-25-27-45(37-46(40)36-44)39-28-32-47(33-29-39)57(52-21-11-23-54-56(52)51-18-7-8-22-53(51)58-54)48-34-30-42(31-35-48)50-20-10-17-43-16-9-19-49(55(43)50)41-14-5-2-6-15-41/h1-37H. The third kappa shape index (κ3) is 6.03. The first-order valence-electron chi connectivity index (χ1n) is 19.8. The Bertz CT molecular complexity index is 3250. The van der Waals surface area contributed by atoms with Gasteiger partial charge in [0.2, 0.25) is 0 Å². The predicted molar refractivity (Wildman–Crippen MR) is 251 cm³/mol. The summed E-state index contributed by atoms with van der Waals surface area (Å²) in [6.07, 6.45) is 0. The number of benzene rings is 10. The third-order valence-corrected chi connectivity index (χ3v) is 12.6. The second-order valence-corrected chi connectivity index (χ2v) is 16.0. The molecule has 11 aromatic rings. The van der Waals surface area contributed by atoms with E-state index in [4.69, 9.17) is 0 Å². The lowest BCUT2D eigenvalue weighted by Crippen LogP contribution is -2.10. The Labute approximate surface area is 342 Å². The van der Waals surface area contributed by atoms with E-state index in [0.29, 0.717) is 0 Å². The molecule has 0 amide bonds. The maximum Gasteiger partial charge on any atom is 0.0554 e. The van der Waals surface area contributed by atoms with E-state index < -0.39 is 0 Å². The Morgan fingerprint density at radius 2 is 0.793 bits per heavy atom. The van der Waals surface area contributed by atoms with Crippen LogP contribution in [0.4, 0.5) is 17.1 Å². The molecule has 0 saturated carbocycles. The molecule has 0 saturated heterocycles. The first kappa shape index (κ1) is 34.0. The summed E-state index contributed by atoms with van der Waals surface area (Å²) in [7, 11) is 0. The number of fused-ring (bicyclic) bond motifs is 5. The molecule has 0 spiro atoms. The Morgan fingerprint density at radius 1 is 0.293 bits per heavy atom. The van der Waals surface area contributed by atoms with Crippen molar-refractivity contribution in [1.29, 1.82) is 0 Å². The Balaban J connectivity index is 1.02. The maximum atomic E-state index is 2.43. The molecule has 0 aliphatic carbocycles. The smallest absolute Gasteiger partial charge is 0.0554 e. The topological polar surface area (TPSA) is 3.24 Å². The summed E-state index contributed by atoms with van der Waals surface area (Å²) in [6.45, 7) is 0. The van der Waals surface area contributed by atoms with Crippen LogP contribution in [0, 0.1) is 0 Å². The second kappa shape index (κ2) is 14.4. The van der Waals surface area contributed by atoms with Gasteiger partial charge in [0.1, 0.15) is 0 Å². The zero-order valence-electron chi connectivity index (χ0n) is 31.7. The van der Waals surface area contributed by atoms with E-state index >= 15 is 0 Å². The molecule has 1 heterocycles. The fraction of sp³-hybridized carbons (Fsp3) is 0. The number of hydrogen-bond donors (Lipinski definition) is 0. The minimum atomic E-state index is 1.11. The summed E-state index contributed by atoms with van der Waals surface area (Å²) in [4.78, 5) is 2.43. The van der Waals surface area contributed by atoms with Crippen molar-refractivity contribution in [2.45, 2.75) is 0 Å². The molecule has 0 N–H and O–H groups in total. The van der Waals surface area contributed by atoms with Crippen LogP contribution in [0.2, 0.25) is 0 Å². The summed E-state index contributed by atoms with van der Waals surface area (Å²) in [5.74, 6) is 0. The zero-order chi connectivity index (χ0) is 38.4. The van der Waals surface area contributed by atoms with Gasteiger partial charge in [-0.2, -0.15) is 0 Å². The summed E-state index contributed by atoms with van der Waals surface area (Å²) in [5, 5.41) is 7.56. The van der Waals surface area contributed by atoms with Crippen molar-refractivity contribution in [3.8, 4) is 44.5 Å². The van der Waals surface area contributed by atoms with Crippen LogP contribution in [-0.4, -0.2) is 0 Å². The van der Waals surface area contributed by atoms with E-state index in [1.165, 1.54) is 91.9 Å². The van der Waals surface area contributed by atoms with Crippen molar-refractivity contribution in [3.05, 3.63) is 224 Å². The molecule has 0 aliphatic heterocycles. The van der Waals surface area contributed by atoms with Gasteiger partial charge in [0.15, 0.2) is 0 Å². The quantitative estimate of drug-likeness (QED) is 0.157. The van der Waals surface area contributed by atoms with Crippen LogP contribution in [0.5, 0.6) is 0 Å². The highest BCUT2D eigenvalue weighted by molar-refractivity contribution is 7.26. The molecule has 1 aromatic heterocycles. The van der Waals surface area contributed by atoms with Gasteiger partial charge in [-0.1, -0.05) is 170 Å². The van der Waals surface area contributed by atoms with Gasteiger partial charge < -0.3 is 4.90 Å². The van der Waals surface area contributed by atoms with Gasteiger partial charge in [-0.3, -0.25) is 0 Å². The van der Waals surface area contributed by atoms with Gasteiger partial charge in [0, 0.05) is 31.5 Å². The molecule has 1 nitrogen and oxygen atoms in total. The lowest BCUT2D eigenvalue weighted by molar-refractivity contribution is 1.30. The van der Waals surface area contributed by atoms with Crippen LogP contribution >= 0.6 is 11.3 Å². The number of rotatable bonds is 7. The molecule has 0 radical (unpaired) electrons. The van der Waals surface area contributed by atoms with Gasteiger partial charge in [0.25, 0.3) is 0 Å². The van der Waals surface area contributed by atoms with Gasteiger partial charge in [-0.05, 0) is 121 Å². The molecular formula is C56H37NS. The molecule has 0 unspecified atom stereocenters. The summed E-state index contributed by atoms with van der Waals surface area (Å²) >= 11 is 1.86. The van der Waals surface area contributed by atoms with E-state index in [2.05, 4.69) is 229 Å². The molecule has 11 rings (SSSR count). The molecule has 0 atom stereocenters. The van der Waals surface area contributed by atoms with Crippen molar-refractivity contribution in [2.24, 2.45) is 0 Å². The first-order valence-corrected chi connectivity index (χ1v) is 20.6. The first-order chi connectivity index (χ1) is 28.7. The van der Waals surface area contributed by atoms with Crippen molar-refractivity contribution in [2.75, 3.05) is 4.90 Å². The number of hydrogen-bond acceptors (Lipinski definition) is 2. The molecule has 2 heteroatoms. The number of anilines is 3. The SMILES string of the molecule is c1ccc(-c2ccc3ccc(-c4ccc(N(c5ccc(-c6cccc7cccc(-c8ccccc8)c67)cc5)c5cccc6sc7ccccc7c56)cc4)cc3c2)cc1. The maximum absolute atomic E-state index is 2.43. The average Bonchev–Trinajstić information content (AvgIpc) is 3.69. The molecule has 272 valence electrons. The van der Waals surface area contributed by atoms with E-state index in [9.17, 15) is 0 Å². The molecule has 10 aromatic carbocycles. The minimum Gasteiger partial charge on any atom is -0.310 e. The predicted octanol–water partition coefficient (Wildman–Crippen LogP) is 16.5. The van der Waals surface area contributed by atoms with Gasteiger partial charge in [-0.25, -0.2) is 0 Å². The Morgan fingerprint density at radius 3 is 1.45 bits per heavy atom. The highest BCUT2D eigenvalue weighted by Gasteiger charge is 2.19. The van der Waals surface area contributed by atoms with E-state index in [0.717, 1.165) is 11.4 Å². The summed E-state index contributed by atoms with van der Waals surface area (Å²) in [6, 6.07) is 81.9. The number of nitrogens with zero attached hydrogens (tertiary/aromatic N) is 1. The third-order valence-electron chi connectivity index (χ3n) is 11.5. The molecule has 58 heavy (non-hydrogen) atoms. The largest absolute Gasteiger partial charge is 0.310 e. The highest BCUT2D eigenvalue weighted by Crippen LogP contribution is 2.46. The van der Waals surface area contributed by atoms with E-state index in [1.807, 2.05) is 11.3 Å². The summed E-state index contributed by atoms with van der Waals surface area (Å²) in [5.41, 5.74) is 13.2. The molecule has 0 fully saturated rings. The zero-order valence-corrected chi connectivity index (χ0v) is 32.5. The minimum absolute atomic E-state index is 1.11. The monoisotopic (exact) mass is 755 g/mol. The van der Waals surface area contributed by atoms with E-state index in [-0.39, 0.29) is 0 Å². The van der Waals surface area contributed by atoms with Crippen LogP contribution < -0.4 is 4.90 Å². The fourth-order valence-electron chi connectivity index (χ4n) is 8.64. The van der Waals surface area contributed by atoms with Crippen LogP contribution in [0.25, 0.3) is 86.2 Å².